The molecule has 4 rings (SSSR count). The topological polar surface area (TPSA) is 134 Å². The van der Waals surface area contributed by atoms with Gasteiger partial charge in [0.1, 0.15) is 6.04 Å². The molecule has 2 heterocycles. The molecule has 1 fully saturated rings. The summed E-state index contributed by atoms with van der Waals surface area (Å²) in [4.78, 5) is 40.1. The Kier molecular flexibility index (Phi) is 9.71. The Bertz CT molecular complexity index is 1370. The van der Waals surface area contributed by atoms with E-state index < -0.39 is 17.9 Å². The monoisotopic (exact) mass is 574 g/mol. The summed E-state index contributed by atoms with van der Waals surface area (Å²) in [7, 11) is 0. The Morgan fingerprint density at radius 1 is 1.05 bits per heavy atom. The number of aliphatic hydroxyl groups excluding tert-OH is 1. The highest BCUT2D eigenvalue weighted by atomic mass is 35.5. The maximum Gasteiger partial charge on any atom is 0.326 e. The first-order valence-corrected chi connectivity index (χ1v) is 13.1. The molecule has 1 saturated heterocycles. The number of halogens is 2. The van der Waals surface area contributed by atoms with Gasteiger partial charge in [0.15, 0.2) is 0 Å². The van der Waals surface area contributed by atoms with Gasteiger partial charge in [-0.3, -0.25) is 14.5 Å². The first-order valence-electron chi connectivity index (χ1n) is 12.4. The molecule has 1 amide bonds. The Hall–Kier alpha value is -3.28. The zero-order chi connectivity index (χ0) is 27.9. The number of nitrogens with zero attached hydrogens (tertiary/aromatic N) is 3. The molecule has 206 valence electrons. The second kappa shape index (κ2) is 13.2. The van der Waals surface area contributed by atoms with Crippen LogP contribution < -0.4 is 10.9 Å². The fraction of sp³-hybridized carbons (Fsp3) is 0.333. The normalized spacial score (nSPS) is 14.6. The predicted molar refractivity (Wildman–Crippen MR) is 146 cm³/mol. The van der Waals surface area contributed by atoms with Crippen LogP contribution >= 0.6 is 23.2 Å². The Morgan fingerprint density at radius 3 is 2.33 bits per heavy atom. The van der Waals surface area contributed by atoms with Crippen molar-refractivity contribution in [3.8, 4) is 11.1 Å². The average Bonchev–Trinajstić information content (AvgIpc) is 2.93. The van der Waals surface area contributed by atoms with E-state index in [0.717, 1.165) is 13.1 Å². The summed E-state index contributed by atoms with van der Waals surface area (Å²) in [5.41, 5.74) is 1.58. The van der Waals surface area contributed by atoms with Crippen LogP contribution in [-0.2, 0) is 29.1 Å². The number of aliphatic hydroxyl groups is 1. The molecule has 1 aromatic heterocycles. The van der Waals surface area contributed by atoms with Gasteiger partial charge in [-0.1, -0.05) is 53.5 Å². The van der Waals surface area contributed by atoms with Gasteiger partial charge in [0, 0.05) is 31.6 Å². The molecule has 12 heteroatoms. The number of hydrogen-bond donors (Lipinski definition) is 3. The number of rotatable bonds is 10. The van der Waals surface area contributed by atoms with Crippen LogP contribution in [0.4, 0.5) is 0 Å². The second-order valence-corrected chi connectivity index (χ2v) is 9.86. The molecule has 3 aromatic rings. The molecule has 0 spiro atoms. The van der Waals surface area contributed by atoms with Gasteiger partial charge in [-0.15, -0.1) is 0 Å². The van der Waals surface area contributed by atoms with Crippen molar-refractivity contribution in [2.75, 3.05) is 32.8 Å². The summed E-state index contributed by atoms with van der Waals surface area (Å²) in [5, 5.41) is 26.5. The van der Waals surface area contributed by atoms with Gasteiger partial charge in [-0.2, -0.15) is 5.10 Å². The molecule has 1 aliphatic heterocycles. The van der Waals surface area contributed by atoms with Crippen LogP contribution in [0.25, 0.3) is 11.1 Å². The summed E-state index contributed by atoms with van der Waals surface area (Å²) in [6.07, 6.45) is 1.47. The molecule has 0 aliphatic carbocycles. The lowest BCUT2D eigenvalue weighted by atomic mass is 9.99. The lowest BCUT2D eigenvalue weighted by molar-refractivity contribution is -0.139. The Balaban J connectivity index is 1.51. The number of benzene rings is 2. The van der Waals surface area contributed by atoms with Crippen molar-refractivity contribution in [1.82, 2.24) is 20.0 Å². The van der Waals surface area contributed by atoms with Gasteiger partial charge in [0.2, 0.25) is 0 Å². The average molecular weight is 575 g/mol. The molecule has 1 aliphatic rings. The van der Waals surface area contributed by atoms with Crippen LogP contribution in [0.2, 0.25) is 10.0 Å². The summed E-state index contributed by atoms with van der Waals surface area (Å²) in [5.74, 6) is -1.92. The number of aliphatic carboxylic acids is 1. The molecule has 0 unspecified atom stereocenters. The van der Waals surface area contributed by atoms with E-state index in [4.69, 9.17) is 27.9 Å². The zero-order valence-electron chi connectivity index (χ0n) is 21.0. The molecular formula is C27H28Cl2N4O6. The molecule has 2 aromatic carbocycles. The fourth-order valence-electron chi connectivity index (χ4n) is 4.36. The third-order valence-corrected chi connectivity index (χ3v) is 7.13. The standard InChI is InChI=1S/C27H28Cl2N4O6/c28-20-2-1-3-21(29)24(20)25(35)31-22(27(37)38)14-17-4-6-18(7-5-17)23-19(16-34)15-30-33(26(23)36)9-8-32-10-12-39-13-11-32/h1-7,15,22,34H,8-14,16H2,(H,31,35)(H,37,38)/t22-/m0/s1. The number of carbonyl (C=O) groups is 2. The summed E-state index contributed by atoms with van der Waals surface area (Å²) in [6, 6.07) is 10.0. The summed E-state index contributed by atoms with van der Waals surface area (Å²) in [6.45, 7) is 3.58. The lowest BCUT2D eigenvalue weighted by Gasteiger charge is -2.26. The third-order valence-electron chi connectivity index (χ3n) is 6.50. The SMILES string of the molecule is O=C(N[C@@H](Cc1ccc(-c2c(CO)cnn(CCN3CCOCC3)c2=O)cc1)C(=O)O)c1c(Cl)cccc1Cl. The predicted octanol–water partition coefficient (Wildman–Crippen LogP) is 2.47. The Morgan fingerprint density at radius 2 is 1.72 bits per heavy atom. The lowest BCUT2D eigenvalue weighted by Crippen LogP contribution is -2.42. The van der Waals surface area contributed by atoms with Gasteiger partial charge in [0.05, 0.1) is 53.7 Å². The molecule has 0 saturated carbocycles. The number of ether oxygens (including phenoxy) is 1. The number of morpholine rings is 1. The summed E-state index contributed by atoms with van der Waals surface area (Å²) >= 11 is 12.2. The summed E-state index contributed by atoms with van der Waals surface area (Å²) < 4.78 is 6.74. The third kappa shape index (κ3) is 7.03. The number of carboxylic acid groups (broad SMARTS) is 1. The molecule has 1 atom stereocenters. The number of nitrogens with one attached hydrogen (secondary N) is 1. The van der Waals surface area contributed by atoms with Crippen LogP contribution in [0.15, 0.2) is 53.5 Å². The number of carbonyl (C=O) groups excluding carboxylic acids is 1. The van der Waals surface area contributed by atoms with Crippen molar-refractivity contribution in [3.05, 3.63) is 85.8 Å². The van der Waals surface area contributed by atoms with E-state index in [1.54, 1.807) is 30.3 Å². The largest absolute Gasteiger partial charge is 0.480 e. The second-order valence-electron chi connectivity index (χ2n) is 9.05. The highest BCUT2D eigenvalue weighted by molar-refractivity contribution is 6.39. The van der Waals surface area contributed by atoms with Gasteiger partial charge < -0.3 is 20.3 Å². The quantitative estimate of drug-likeness (QED) is 0.336. The van der Waals surface area contributed by atoms with Gasteiger partial charge in [0.25, 0.3) is 11.5 Å². The van der Waals surface area contributed by atoms with E-state index in [1.807, 2.05) is 0 Å². The number of amides is 1. The number of hydrogen-bond acceptors (Lipinski definition) is 7. The van der Waals surface area contributed by atoms with Crippen molar-refractivity contribution in [2.24, 2.45) is 0 Å². The van der Waals surface area contributed by atoms with Crippen LogP contribution in [0, 0.1) is 0 Å². The van der Waals surface area contributed by atoms with E-state index in [9.17, 15) is 24.6 Å². The maximum atomic E-state index is 13.3. The molecule has 39 heavy (non-hydrogen) atoms. The maximum absolute atomic E-state index is 13.3. The van der Waals surface area contributed by atoms with Crippen LogP contribution in [-0.4, -0.2) is 75.7 Å². The highest BCUT2D eigenvalue weighted by Gasteiger charge is 2.24. The van der Waals surface area contributed by atoms with E-state index in [0.29, 0.717) is 48.6 Å². The minimum atomic E-state index is -1.25. The highest BCUT2D eigenvalue weighted by Crippen LogP contribution is 2.25. The van der Waals surface area contributed by atoms with Crippen molar-refractivity contribution < 1.29 is 24.5 Å². The minimum absolute atomic E-state index is 0.00144. The van der Waals surface area contributed by atoms with E-state index >= 15 is 0 Å². The van der Waals surface area contributed by atoms with Gasteiger partial charge in [-0.25, -0.2) is 9.48 Å². The minimum Gasteiger partial charge on any atom is -0.480 e. The van der Waals surface area contributed by atoms with Gasteiger partial charge in [-0.05, 0) is 23.3 Å². The molecular weight excluding hydrogens is 547 g/mol. The van der Waals surface area contributed by atoms with E-state index in [1.165, 1.54) is 23.0 Å². The smallest absolute Gasteiger partial charge is 0.326 e. The molecule has 10 nitrogen and oxygen atoms in total. The van der Waals surface area contributed by atoms with E-state index in [2.05, 4.69) is 15.3 Å². The van der Waals surface area contributed by atoms with Crippen molar-refractivity contribution in [1.29, 1.82) is 0 Å². The molecule has 0 radical (unpaired) electrons. The first kappa shape index (κ1) is 28.7. The van der Waals surface area contributed by atoms with Crippen molar-refractivity contribution in [2.45, 2.75) is 25.6 Å². The van der Waals surface area contributed by atoms with Crippen molar-refractivity contribution in [3.63, 3.8) is 0 Å². The first-order chi connectivity index (χ1) is 18.8. The van der Waals surface area contributed by atoms with Crippen LogP contribution in [0.1, 0.15) is 21.5 Å². The van der Waals surface area contributed by atoms with Crippen LogP contribution in [0.5, 0.6) is 0 Å². The van der Waals surface area contributed by atoms with E-state index in [-0.39, 0.29) is 34.2 Å². The fourth-order valence-corrected chi connectivity index (χ4v) is 4.93. The number of carboxylic acids is 1. The zero-order valence-corrected chi connectivity index (χ0v) is 22.5. The Labute approximate surface area is 234 Å². The number of aromatic nitrogens is 2. The van der Waals surface area contributed by atoms with Crippen molar-refractivity contribution >= 4 is 35.1 Å². The van der Waals surface area contributed by atoms with Gasteiger partial charge >= 0.3 is 5.97 Å². The molecule has 0 bridgehead atoms. The van der Waals surface area contributed by atoms with Crippen LogP contribution in [0.3, 0.4) is 0 Å². The molecule has 3 N–H and O–H groups in total.